The molecule has 1 aromatic heterocycles. The van der Waals surface area contributed by atoms with Crippen LogP contribution in [0.4, 0.5) is 28.2 Å². The van der Waals surface area contributed by atoms with Crippen molar-refractivity contribution in [2.45, 2.75) is 19.1 Å². The molecular weight excluding hydrogens is 482 g/mol. The van der Waals surface area contributed by atoms with E-state index in [0.717, 1.165) is 28.0 Å². The second-order valence-electron chi connectivity index (χ2n) is 7.87. The average molecular weight is 501 g/mol. The third-order valence-electron chi connectivity index (χ3n) is 5.46. The van der Waals surface area contributed by atoms with Crippen LogP contribution in [0.5, 0.6) is 0 Å². The molecular formula is C24H19F4N5O3. The summed E-state index contributed by atoms with van der Waals surface area (Å²) < 4.78 is 53.0. The summed E-state index contributed by atoms with van der Waals surface area (Å²) in [5.41, 5.74) is -1.13. The smallest absolute Gasteiger partial charge is 0.347 e. The largest absolute Gasteiger partial charge is 0.417 e. The number of anilines is 1. The minimum absolute atomic E-state index is 0.0386. The molecule has 0 saturated carbocycles. The van der Waals surface area contributed by atoms with Crippen molar-refractivity contribution in [1.82, 2.24) is 20.4 Å². The van der Waals surface area contributed by atoms with Crippen LogP contribution in [0.1, 0.15) is 38.4 Å². The number of benzene rings is 2. The second-order valence-corrected chi connectivity index (χ2v) is 7.87. The average Bonchev–Trinajstić information content (AvgIpc) is 2.87. The predicted octanol–water partition coefficient (Wildman–Crippen LogP) is 4.04. The van der Waals surface area contributed by atoms with E-state index >= 15 is 0 Å². The molecule has 1 fully saturated rings. The molecule has 4 amide bonds. The SMILES string of the molecule is O=C(NCc1ccc(F)cc1)c1ccc(N2CCCN(C(=O)c3ccccc3C(F)(F)F)C2=O)nn1. The van der Waals surface area contributed by atoms with Crippen LogP contribution in [0.2, 0.25) is 0 Å². The van der Waals surface area contributed by atoms with E-state index in [2.05, 4.69) is 15.5 Å². The van der Waals surface area contributed by atoms with Gasteiger partial charge in [0, 0.05) is 19.6 Å². The van der Waals surface area contributed by atoms with E-state index in [9.17, 15) is 31.9 Å². The van der Waals surface area contributed by atoms with Crippen molar-refractivity contribution in [3.63, 3.8) is 0 Å². The topological polar surface area (TPSA) is 95.5 Å². The number of aromatic nitrogens is 2. The third-order valence-corrected chi connectivity index (χ3v) is 5.46. The molecule has 1 N–H and O–H groups in total. The Hall–Kier alpha value is -4.35. The Balaban J connectivity index is 1.46. The summed E-state index contributed by atoms with van der Waals surface area (Å²) >= 11 is 0. The van der Waals surface area contributed by atoms with E-state index in [-0.39, 0.29) is 31.1 Å². The van der Waals surface area contributed by atoms with Gasteiger partial charge in [0.15, 0.2) is 11.5 Å². The van der Waals surface area contributed by atoms with Gasteiger partial charge in [-0.15, -0.1) is 10.2 Å². The maximum atomic E-state index is 13.4. The molecule has 0 unspecified atom stereocenters. The van der Waals surface area contributed by atoms with Crippen molar-refractivity contribution in [1.29, 1.82) is 0 Å². The number of carbonyl (C=O) groups is 3. The Labute approximate surface area is 202 Å². The number of amides is 4. The summed E-state index contributed by atoms with van der Waals surface area (Å²) in [6.45, 7) is 0.232. The van der Waals surface area contributed by atoms with Gasteiger partial charge in [-0.25, -0.2) is 9.18 Å². The highest BCUT2D eigenvalue weighted by molar-refractivity contribution is 6.09. The van der Waals surface area contributed by atoms with Gasteiger partial charge in [0.1, 0.15) is 5.82 Å². The van der Waals surface area contributed by atoms with Crippen molar-refractivity contribution in [3.05, 3.63) is 88.9 Å². The molecule has 36 heavy (non-hydrogen) atoms. The number of hydrogen-bond donors (Lipinski definition) is 1. The molecule has 0 bridgehead atoms. The summed E-state index contributed by atoms with van der Waals surface area (Å²) in [4.78, 5) is 40.0. The minimum Gasteiger partial charge on any atom is -0.347 e. The zero-order chi connectivity index (χ0) is 25.9. The summed E-state index contributed by atoms with van der Waals surface area (Å²) in [6, 6.07) is 11.7. The summed E-state index contributed by atoms with van der Waals surface area (Å²) in [5.74, 6) is -1.98. The summed E-state index contributed by atoms with van der Waals surface area (Å²) in [7, 11) is 0. The number of nitrogens with one attached hydrogen (secondary N) is 1. The first-order valence-electron chi connectivity index (χ1n) is 10.8. The zero-order valence-corrected chi connectivity index (χ0v) is 18.6. The lowest BCUT2D eigenvalue weighted by molar-refractivity contribution is -0.138. The fraction of sp³-hybridized carbons (Fsp3) is 0.208. The van der Waals surface area contributed by atoms with Crippen molar-refractivity contribution in [2.24, 2.45) is 0 Å². The summed E-state index contributed by atoms with van der Waals surface area (Å²) in [5, 5.41) is 10.3. The standard InChI is InChI=1S/C24H19F4N5O3/c25-16-8-6-15(7-9-16)14-29-21(34)19-10-11-20(31-30-19)32-12-3-13-33(23(32)36)22(35)17-4-1-2-5-18(17)24(26,27)28/h1-2,4-11H,3,12-14H2,(H,29,34). The molecule has 1 aliphatic heterocycles. The molecule has 2 heterocycles. The van der Waals surface area contributed by atoms with Crippen LogP contribution in [0.3, 0.4) is 0 Å². The maximum Gasteiger partial charge on any atom is 0.417 e. The molecule has 2 aromatic carbocycles. The van der Waals surface area contributed by atoms with Gasteiger partial charge in [-0.05, 0) is 48.4 Å². The number of urea groups is 1. The van der Waals surface area contributed by atoms with Gasteiger partial charge in [0.05, 0.1) is 11.1 Å². The van der Waals surface area contributed by atoms with Crippen molar-refractivity contribution >= 4 is 23.7 Å². The molecule has 4 rings (SSSR count). The quantitative estimate of drug-likeness (QED) is 0.533. The number of halogens is 4. The molecule has 0 aliphatic carbocycles. The molecule has 12 heteroatoms. The van der Waals surface area contributed by atoms with E-state index in [1.165, 1.54) is 42.5 Å². The van der Waals surface area contributed by atoms with Crippen LogP contribution in [-0.2, 0) is 12.7 Å². The number of rotatable bonds is 5. The van der Waals surface area contributed by atoms with Crippen molar-refractivity contribution < 1.29 is 31.9 Å². The first kappa shape index (κ1) is 24.8. The van der Waals surface area contributed by atoms with Gasteiger partial charge < -0.3 is 5.32 Å². The maximum absolute atomic E-state index is 13.4. The molecule has 0 atom stereocenters. The molecule has 186 valence electrons. The molecule has 0 spiro atoms. The lowest BCUT2D eigenvalue weighted by atomic mass is 10.1. The van der Waals surface area contributed by atoms with Gasteiger partial charge in [-0.1, -0.05) is 24.3 Å². The first-order valence-corrected chi connectivity index (χ1v) is 10.8. The molecule has 3 aromatic rings. The van der Waals surface area contributed by atoms with Gasteiger partial charge in [0.2, 0.25) is 0 Å². The third kappa shape index (κ3) is 5.32. The molecule has 1 saturated heterocycles. The van der Waals surface area contributed by atoms with Crippen LogP contribution in [0.15, 0.2) is 60.7 Å². The molecule has 1 aliphatic rings. The van der Waals surface area contributed by atoms with E-state index in [0.29, 0.717) is 12.0 Å². The number of carbonyl (C=O) groups excluding carboxylic acids is 3. The van der Waals surface area contributed by atoms with Crippen LogP contribution < -0.4 is 10.2 Å². The van der Waals surface area contributed by atoms with Gasteiger partial charge in [-0.3, -0.25) is 19.4 Å². The predicted molar refractivity (Wildman–Crippen MR) is 119 cm³/mol. The minimum atomic E-state index is -4.76. The Morgan fingerprint density at radius 1 is 0.944 bits per heavy atom. The number of hydrogen-bond acceptors (Lipinski definition) is 5. The highest BCUT2D eigenvalue weighted by Crippen LogP contribution is 2.33. The normalized spacial score (nSPS) is 14.1. The molecule has 8 nitrogen and oxygen atoms in total. The number of alkyl halides is 3. The van der Waals surface area contributed by atoms with Gasteiger partial charge in [-0.2, -0.15) is 13.2 Å². The van der Waals surface area contributed by atoms with Gasteiger partial charge in [0.25, 0.3) is 11.8 Å². The van der Waals surface area contributed by atoms with Gasteiger partial charge >= 0.3 is 12.2 Å². The number of imide groups is 1. The molecule has 0 radical (unpaired) electrons. The first-order chi connectivity index (χ1) is 17.1. The number of nitrogens with zero attached hydrogens (tertiary/aromatic N) is 4. The Bertz CT molecular complexity index is 1280. The summed E-state index contributed by atoms with van der Waals surface area (Å²) in [6.07, 6.45) is -4.46. The second kappa shape index (κ2) is 10.1. The van der Waals surface area contributed by atoms with E-state index in [1.807, 2.05) is 0 Å². The van der Waals surface area contributed by atoms with Crippen LogP contribution in [-0.4, -0.2) is 46.0 Å². The monoisotopic (exact) mass is 501 g/mol. The Morgan fingerprint density at radius 3 is 2.33 bits per heavy atom. The van der Waals surface area contributed by atoms with Crippen molar-refractivity contribution in [2.75, 3.05) is 18.0 Å². The highest BCUT2D eigenvalue weighted by atomic mass is 19.4. The highest BCUT2D eigenvalue weighted by Gasteiger charge is 2.39. The van der Waals surface area contributed by atoms with E-state index in [1.54, 1.807) is 0 Å². The lowest BCUT2D eigenvalue weighted by Gasteiger charge is -2.33. The van der Waals surface area contributed by atoms with Crippen LogP contribution >= 0.6 is 0 Å². The Kier molecular flexibility index (Phi) is 6.95. The van der Waals surface area contributed by atoms with Crippen molar-refractivity contribution in [3.8, 4) is 0 Å². The fourth-order valence-electron chi connectivity index (χ4n) is 3.65. The zero-order valence-electron chi connectivity index (χ0n) is 18.6. The lowest BCUT2D eigenvalue weighted by Crippen LogP contribution is -2.52. The van der Waals surface area contributed by atoms with E-state index in [4.69, 9.17) is 0 Å². The van der Waals surface area contributed by atoms with Crippen LogP contribution in [0.25, 0.3) is 0 Å². The van der Waals surface area contributed by atoms with E-state index < -0.39 is 41.0 Å². The Morgan fingerprint density at radius 2 is 1.67 bits per heavy atom. The fourth-order valence-corrected chi connectivity index (χ4v) is 3.65. The van der Waals surface area contributed by atoms with Crippen LogP contribution in [0, 0.1) is 5.82 Å².